The number of nitrogens with one attached hydrogen (secondary N) is 1. The van der Waals surface area contributed by atoms with Crippen LogP contribution in [-0.2, 0) is 16.2 Å². The van der Waals surface area contributed by atoms with E-state index in [4.69, 9.17) is 9.26 Å². The lowest BCUT2D eigenvalue weighted by Gasteiger charge is -2.29. The van der Waals surface area contributed by atoms with Crippen molar-refractivity contribution in [3.05, 3.63) is 35.3 Å². The molecule has 2 atom stereocenters. The van der Waals surface area contributed by atoms with Gasteiger partial charge in [-0.3, -0.25) is 0 Å². The van der Waals surface area contributed by atoms with Gasteiger partial charge in [0.1, 0.15) is 10.6 Å². The molecule has 0 spiro atoms. The molecule has 0 amide bonds. The second-order valence-electron chi connectivity index (χ2n) is 7.69. The Kier molecular flexibility index (Phi) is 6.33. The summed E-state index contributed by atoms with van der Waals surface area (Å²) in [5.74, 6) is 0.00702. The molecule has 13 heteroatoms. The van der Waals surface area contributed by atoms with Crippen LogP contribution in [0.1, 0.15) is 29.9 Å². The van der Waals surface area contributed by atoms with E-state index in [0.717, 1.165) is 12.1 Å². The highest BCUT2D eigenvalue weighted by molar-refractivity contribution is 7.89. The van der Waals surface area contributed by atoms with Crippen molar-refractivity contribution in [3.63, 3.8) is 0 Å². The fourth-order valence-electron chi connectivity index (χ4n) is 3.59. The second-order valence-corrected chi connectivity index (χ2v) is 9.40. The zero-order valence-electron chi connectivity index (χ0n) is 16.7. The van der Waals surface area contributed by atoms with Crippen molar-refractivity contribution in [2.24, 2.45) is 5.41 Å². The van der Waals surface area contributed by atoms with E-state index in [-0.39, 0.29) is 48.2 Å². The fourth-order valence-corrected chi connectivity index (χ4v) is 5.08. The van der Waals surface area contributed by atoms with Crippen LogP contribution in [0.15, 0.2) is 27.7 Å². The van der Waals surface area contributed by atoms with E-state index in [1.165, 1.54) is 13.8 Å². The van der Waals surface area contributed by atoms with Crippen LogP contribution in [-0.4, -0.2) is 54.1 Å². The summed E-state index contributed by atoms with van der Waals surface area (Å²) >= 11 is 0. The van der Waals surface area contributed by atoms with Crippen molar-refractivity contribution in [1.82, 2.24) is 14.9 Å². The molecule has 2 aromatic rings. The molecule has 0 aliphatic heterocycles. The Labute approximate surface area is 176 Å². The third kappa shape index (κ3) is 5.17. The molecule has 3 N–H and O–H groups in total. The lowest BCUT2D eigenvalue weighted by atomic mass is 9.87. The molecule has 0 bridgehead atoms. The van der Waals surface area contributed by atoms with E-state index in [2.05, 4.69) is 14.9 Å². The lowest BCUT2D eigenvalue weighted by Crippen LogP contribution is -2.40. The van der Waals surface area contributed by atoms with Crippen molar-refractivity contribution in [2.45, 2.75) is 50.0 Å². The Hall–Kier alpha value is -2.22. The van der Waals surface area contributed by atoms with Crippen LogP contribution in [0.2, 0.25) is 0 Å². The van der Waals surface area contributed by atoms with Crippen LogP contribution in [0.5, 0.6) is 5.88 Å². The summed E-state index contributed by atoms with van der Waals surface area (Å²) in [4.78, 5) is 3.52. The molecule has 172 valence electrons. The molecule has 1 saturated carbocycles. The SMILES string of the molecule is Cc1noc(C)c1S(=O)(=O)NCC1(COc2ccc(C(F)(F)F)cn2)CC(O)C(O)C1. The summed E-state index contributed by atoms with van der Waals surface area (Å²) in [6, 6.07) is 1.86. The maximum atomic E-state index is 12.7. The minimum atomic E-state index is -4.54. The number of aliphatic hydroxyl groups is 2. The average Bonchev–Trinajstić information content (AvgIpc) is 3.17. The van der Waals surface area contributed by atoms with E-state index in [1.54, 1.807) is 0 Å². The minimum Gasteiger partial charge on any atom is -0.477 e. The summed E-state index contributed by atoms with van der Waals surface area (Å²) in [6.07, 6.45) is -6.10. The zero-order chi connectivity index (χ0) is 23.0. The van der Waals surface area contributed by atoms with Crippen LogP contribution >= 0.6 is 0 Å². The first-order valence-corrected chi connectivity index (χ1v) is 10.8. The number of aliphatic hydroxyl groups excluding tert-OH is 2. The number of ether oxygens (including phenoxy) is 1. The number of rotatable bonds is 7. The van der Waals surface area contributed by atoms with Crippen LogP contribution in [0.3, 0.4) is 0 Å². The van der Waals surface area contributed by atoms with Crippen LogP contribution in [0, 0.1) is 19.3 Å². The van der Waals surface area contributed by atoms with Crippen LogP contribution < -0.4 is 9.46 Å². The Balaban J connectivity index is 1.74. The molecule has 1 aliphatic carbocycles. The summed E-state index contributed by atoms with van der Waals surface area (Å²) in [6.45, 7) is 2.54. The normalized spacial score (nSPS) is 24.5. The highest BCUT2D eigenvalue weighted by atomic mass is 32.2. The first-order chi connectivity index (χ1) is 14.3. The third-order valence-electron chi connectivity index (χ3n) is 5.19. The number of hydrogen-bond donors (Lipinski definition) is 3. The maximum absolute atomic E-state index is 12.7. The van der Waals surface area contributed by atoms with Gasteiger partial charge in [0.05, 0.1) is 24.4 Å². The Bertz CT molecular complexity index is 994. The monoisotopic (exact) mass is 465 g/mol. The topological polar surface area (TPSA) is 135 Å². The largest absolute Gasteiger partial charge is 0.477 e. The smallest absolute Gasteiger partial charge is 0.417 e. The van der Waals surface area contributed by atoms with Gasteiger partial charge in [0, 0.05) is 24.2 Å². The molecule has 1 fully saturated rings. The van der Waals surface area contributed by atoms with Gasteiger partial charge in [0.2, 0.25) is 15.9 Å². The summed E-state index contributed by atoms with van der Waals surface area (Å²) in [5.41, 5.74) is -1.78. The number of halogens is 3. The highest BCUT2D eigenvalue weighted by Gasteiger charge is 2.46. The summed E-state index contributed by atoms with van der Waals surface area (Å²) in [7, 11) is -4.01. The third-order valence-corrected chi connectivity index (χ3v) is 6.84. The molecule has 0 saturated heterocycles. The van der Waals surface area contributed by atoms with Gasteiger partial charge < -0.3 is 19.5 Å². The maximum Gasteiger partial charge on any atom is 0.417 e. The molecule has 2 unspecified atom stereocenters. The molecule has 3 rings (SSSR count). The average molecular weight is 465 g/mol. The quantitative estimate of drug-likeness (QED) is 0.561. The minimum absolute atomic E-state index is 0.0128. The number of hydrogen-bond acceptors (Lipinski definition) is 8. The Morgan fingerprint density at radius 3 is 2.39 bits per heavy atom. The van der Waals surface area contributed by atoms with Crippen LogP contribution in [0.4, 0.5) is 13.2 Å². The summed E-state index contributed by atoms with van der Waals surface area (Å²) < 4.78 is 76.2. The van der Waals surface area contributed by atoms with E-state index in [9.17, 15) is 31.8 Å². The van der Waals surface area contributed by atoms with Crippen molar-refractivity contribution >= 4 is 10.0 Å². The fraction of sp³-hybridized carbons (Fsp3) is 0.556. The van der Waals surface area contributed by atoms with Gasteiger partial charge in [-0.15, -0.1) is 0 Å². The molecule has 2 aromatic heterocycles. The van der Waals surface area contributed by atoms with Gasteiger partial charge >= 0.3 is 6.18 Å². The van der Waals surface area contributed by atoms with Gasteiger partial charge in [0.25, 0.3) is 0 Å². The van der Waals surface area contributed by atoms with Crippen LogP contribution in [0.25, 0.3) is 0 Å². The van der Waals surface area contributed by atoms with Gasteiger partial charge in [-0.1, -0.05) is 5.16 Å². The molecule has 31 heavy (non-hydrogen) atoms. The molecular formula is C18H22F3N3O6S. The lowest BCUT2D eigenvalue weighted by molar-refractivity contribution is -0.137. The molecule has 9 nitrogen and oxygen atoms in total. The molecule has 0 aromatic carbocycles. The molecule has 0 radical (unpaired) electrons. The Morgan fingerprint density at radius 1 is 1.26 bits per heavy atom. The number of alkyl halides is 3. The number of nitrogens with zero attached hydrogens (tertiary/aromatic N) is 2. The molecule has 2 heterocycles. The number of sulfonamides is 1. The van der Waals surface area contributed by atoms with Gasteiger partial charge in [-0.05, 0) is 32.8 Å². The van der Waals surface area contributed by atoms with Crippen molar-refractivity contribution in [3.8, 4) is 5.88 Å². The highest BCUT2D eigenvalue weighted by Crippen LogP contribution is 2.39. The standard InChI is InChI=1S/C18H22F3N3O6S/c1-10-16(11(2)30-24-10)31(27,28)23-8-17(5-13(25)14(26)6-17)9-29-15-4-3-12(7-22-15)18(19,20)21/h3-4,7,13-14,23,25-26H,5-6,8-9H2,1-2H3. The van der Waals surface area contributed by atoms with Gasteiger partial charge in [-0.2, -0.15) is 13.2 Å². The van der Waals surface area contributed by atoms with E-state index >= 15 is 0 Å². The Morgan fingerprint density at radius 2 is 1.90 bits per heavy atom. The van der Waals surface area contributed by atoms with E-state index < -0.39 is 39.4 Å². The van der Waals surface area contributed by atoms with E-state index in [1.807, 2.05) is 0 Å². The zero-order valence-corrected chi connectivity index (χ0v) is 17.5. The van der Waals surface area contributed by atoms with Crippen molar-refractivity contribution in [1.29, 1.82) is 0 Å². The summed E-state index contributed by atoms with van der Waals surface area (Å²) in [5, 5.41) is 23.6. The first-order valence-electron chi connectivity index (χ1n) is 9.28. The second kappa shape index (κ2) is 8.37. The molecular weight excluding hydrogens is 443 g/mol. The number of pyridine rings is 1. The predicted octanol–water partition coefficient (Wildman–Crippen LogP) is 1.56. The predicted molar refractivity (Wildman–Crippen MR) is 99.6 cm³/mol. The van der Waals surface area contributed by atoms with Gasteiger partial charge in [0.15, 0.2) is 5.76 Å². The number of aromatic nitrogens is 2. The molecule has 1 aliphatic rings. The van der Waals surface area contributed by atoms with Crippen molar-refractivity contribution < 1.29 is 41.1 Å². The van der Waals surface area contributed by atoms with E-state index in [0.29, 0.717) is 6.20 Å². The number of aryl methyl sites for hydroxylation is 2. The first kappa shape index (κ1) is 23.4. The van der Waals surface area contributed by atoms with Gasteiger partial charge in [-0.25, -0.2) is 18.1 Å². The van der Waals surface area contributed by atoms with Crippen molar-refractivity contribution in [2.75, 3.05) is 13.2 Å².